The molecule has 2 N–H and O–H groups in total. The summed E-state index contributed by atoms with van der Waals surface area (Å²) in [6, 6.07) is 5.54. The van der Waals surface area contributed by atoms with E-state index in [0.29, 0.717) is 10.7 Å². The third-order valence-corrected chi connectivity index (χ3v) is 3.86. The molecule has 0 fully saturated rings. The summed E-state index contributed by atoms with van der Waals surface area (Å²) in [7, 11) is 0. The molecule has 1 aromatic carbocycles. The van der Waals surface area contributed by atoms with Crippen LogP contribution in [0.2, 0.25) is 5.02 Å². The molecule has 1 aromatic heterocycles. The van der Waals surface area contributed by atoms with Gasteiger partial charge >= 0.3 is 0 Å². The molecule has 1 heterocycles. The van der Waals surface area contributed by atoms with E-state index in [2.05, 4.69) is 21.3 Å². The molecule has 0 aliphatic heterocycles. The molecule has 2 rings (SSSR count). The number of halogens is 2. The van der Waals surface area contributed by atoms with Crippen molar-refractivity contribution in [3.8, 4) is 11.1 Å². The van der Waals surface area contributed by atoms with E-state index in [1.54, 1.807) is 17.4 Å². The Bertz CT molecular complexity index is 467. The first-order valence-corrected chi connectivity index (χ1v) is 6.07. The van der Waals surface area contributed by atoms with E-state index in [-0.39, 0.29) is 0 Å². The maximum atomic E-state index is 5.88. The molecule has 0 atom stereocenters. The summed E-state index contributed by atoms with van der Waals surface area (Å²) in [5, 5.41) is 4.75. The fourth-order valence-corrected chi connectivity index (χ4v) is 2.94. The lowest BCUT2D eigenvalue weighted by atomic mass is 10.1. The van der Waals surface area contributed by atoms with Crippen LogP contribution < -0.4 is 5.73 Å². The van der Waals surface area contributed by atoms with Crippen molar-refractivity contribution >= 4 is 44.6 Å². The van der Waals surface area contributed by atoms with E-state index < -0.39 is 0 Å². The number of benzene rings is 1. The number of thiophene rings is 1. The molecule has 0 amide bonds. The van der Waals surface area contributed by atoms with E-state index in [1.807, 2.05) is 17.5 Å². The van der Waals surface area contributed by atoms with Gasteiger partial charge in [-0.2, -0.15) is 11.3 Å². The van der Waals surface area contributed by atoms with E-state index in [4.69, 9.17) is 17.3 Å². The van der Waals surface area contributed by atoms with Crippen LogP contribution in [0.1, 0.15) is 0 Å². The van der Waals surface area contributed by atoms with E-state index in [0.717, 1.165) is 15.6 Å². The highest BCUT2D eigenvalue weighted by atomic mass is 79.9. The summed E-state index contributed by atoms with van der Waals surface area (Å²) in [6.07, 6.45) is 0. The van der Waals surface area contributed by atoms with Crippen LogP contribution in [0, 0.1) is 0 Å². The molecular weight excluding hydrogens is 282 g/mol. The number of rotatable bonds is 1. The monoisotopic (exact) mass is 287 g/mol. The topological polar surface area (TPSA) is 26.0 Å². The summed E-state index contributed by atoms with van der Waals surface area (Å²) in [4.78, 5) is 0. The van der Waals surface area contributed by atoms with Crippen LogP contribution in [0.15, 0.2) is 33.4 Å². The van der Waals surface area contributed by atoms with Gasteiger partial charge in [0.1, 0.15) is 0 Å². The van der Waals surface area contributed by atoms with Gasteiger partial charge in [0.15, 0.2) is 0 Å². The second kappa shape index (κ2) is 3.93. The molecule has 2 aromatic rings. The Labute approximate surface area is 99.6 Å². The van der Waals surface area contributed by atoms with Gasteiger partial charge in [-0.15, -0.1) is 0 Å². The zero-order valence-electron chi connectivity index (χ0n) is 7.13. The molecule has 0 aliphatic carbocycles. The molecule has 0 unspecified atom stereocenters. The third kappa shape index (κ3) is 1.80. The Balaban J connectivity index is 2.58. The number of anilines is 1. The van der Waals surface area contributed by atoms with Gasteiger partial charge in [0.2, 0.25) is 0 Å². The van der Waals surface area contributed by atoms with Gasteiger partial charge < -0.3 is 5.73 Å². The second-order valence-electron chi connectivity index (χ2n) is 2.86. The van der Waals surface area contributed by atoms with Gasteiger partial charge in [-0.1, -0.05) is 17.7 Å². The summed E-state index contributed by atoms with van der Waals surface area (Å²) in [6.45, 7) is 0. The van der Waals surface area contributed by atoms with Crippen LogP contribution in [-0.4, -0.2) is 0 Å². The highest BCUT2D eigenvalue weighted by Gasteiger charge is 2.07. The minimum absolute atomic E-state index is 0.664. The molecular formula is C10H7BrClNS. The number of nitrogen functional groups attached to an aromatic ring is 1. The molecule has 0 radical (unpaired) electrons. The molecule has 0 bridgehead atoms. The lowest BCUT2D eigenvalue weighted by molar-refractivity contribution is 1.64. The average Bonchev–Trinajstić information content (AvgIpc) is 2.52. The second-order valence-corrected chi connectivity index (χ2v) is 4.90. The van der Waals surface area contributed by atoms with Crippen molar-refractivity contribution in [2.24, 2.45) is 0 Å². The quantitative estimate of drug-likeness (QED) is 0.773. The van der Waals surface area contributed by atoms with Crippen molar-refractivity contribution in [2.75, 3.05) is 5.73 Å². The van der Waals surface area contributed by atoms with Crippen LogP contribution in [0.4, 0.5) is 5.69 Å². The largest absolute Gasteiger partial charge is 0.398 e. The van der Waals surface area contributed by atoms with E-state index in [9.17, 15) is 0 Å². The van der Waals surface area contributed by atoms with Crippen molar-refractivity contribution in [1.82, 2.24) is 0 Å². The van der Waals surface area contributed by atoms with Gasteiger partial charge in [-0.3, -0.25) is 0 Å². The van der Waals surface area contributed by atoms with Gasteiger partial charge in [-0.25, -0.2) is 0 Å². The molecule has 0 saturated heterocycles. The summed E-state index contributed by atoms with van der Waals surface area (Å²) in [5.74, 6) is 0. The van der Waals surface area contributed by atoms with Crippen LogP contribution in [-0.2, 0) is 0 Å². The van der Waals surface area contributed by atoms with Crippen molar-refractivity contribution < 1.29 is 0 Å². The summed E-state index contributed by atoms with van der Waals surface area (Å²) >= 11 is 10.9. The summed E-state index contributed by atoms with van der Waals surface area (Å²) in [5.41, 5.74) is 8.72. The zero-order valence-corrected chi connectivity index (χ0v) is 10.3. The highest BCUT2D eigenvalue weighted by Crippen LogP contribution is 2.35. The van der Waals surface area contributed by atoms with Gasteiger partial charge in [-0.05, 0) is 33.4 Å². The van der Waals surface area contributed by atoms with Gasteiger partial charge in [0.25, 0.3) is 0 Å². The first-order valence-electron chi connectivity index (χ1n) is 3.95. The van der Waals surface area contributed by atoms with Crippen molar-refractivity contribution in [3.63, 3.8) is 0 Å². The number of hydrogen-bond acceptors (Lipinski definition) is 2. The number of nitrogens with two attached hydrogens (primary N) is 1. The maximum absolute atomic E-state index is 5.88. The van der Waals surface area contributed by atoms with Crippen molar-refractivity contribution in [2.45, 2.75) is 0 Å². The SMILES string of the molecule is Nc1cc(Cl)ccc1-c1cscc1Br. The molecule has 1 nitrogen and oxygen atoms in total. The van der Waals surface area contributed by atoms with Crippen LogP contribution in [0.25, 0.3) is 11.1 Å². The highest BCUT2D eigenvalue weighted by molar-refractivity contribution is 9.10. The first kappa shape index (κ1) is 10.0. The van der Waals surface area contributed by atoms with Crippen molar-refractivity contribution in [1.29, 1.82) is 0 Å². The number of hydrogen-bond donors (Lipinski definition) is 1. The Morgan fingerprint density at radius 3 is 2.57 bits per heavy atom. The molecule has 72 valence electrons. The van der Waals surface area contributed by atoms with Crippen LogP contribution in [0.5, 0.6) is 0 Å². The van der Waals surface area contributed by atoms with Crippen molar-refractivity contribution in [3.05, 3.63) is 38.5 Å². The Morgan fingerprint density at radius 1 is 1.21 bits per heavy atom. The Hall–Kier alpha value is -0.510. The molecule has 0 spiro atoms. The fourth-order valence-electron chi connectivity index (χ4n) is 1.25. The Kier molecular flexibility index (Phi) is 2.81. The lowest BCUT2D eigenvalue weighted by Gasteiger charge is -2.04. The predicted octanol–water partition coefficient (Wildman–Crippen LogP) is 4.41. The zero-order chi connectivity index (χ0) is 10.1. The standard InChI is InChI=1S/C10H7BrClNS/c11-9-5-14-4-8(9)7-2-1-6(12)3-10(7)13/h1-5H,13H2. The lowest BCUT2D eigenvalue weighted by Crippen LogP contribution is -1.88. The van der Waals surface area contributed by atoms with Gasteiger partial charge in [0.05, 0.1) is 0 Å². The fraction of sp³-hybridized carbons (Fsp3) is 0. The van der Waals surface area contributed by atoms with Gasteiger partial charge in [0, 0.05) is 31.7 Å². The molecule has 0 saturated carbocycles. The predicted molar refractivity (Wildman–Crippen MR) is 66.9 cm³/mol. The first-order chi connectivity index (χ1) is 6.68. The molecule has 14 heavy (non-hydrogen) atoms. The van der Waals surface area contributed by atoms with Crippen LogP contribution in [0.3, 0.4) is 0 Å². The third-order valence-electron chi connectivity index (χ3n) is 1.92. The minimum atomic E-state index is 0.664. The van der Waals surface area contributed by atoms with Crippen LogP contribution >= 0.6 is 38.9 Å². The normalized spacial score (nSPS) is 10.4. The maximum Gasteiger partial charge on any atom is 0.0426 e. The average molecular weight is 289 g/mol. The van der Waals surface area contributed by atoms with E-state index in [1.165, 1.54) is 0 Å². The summed E-state index contributed by atoms with van der Waals surface area (Å²) < 4.78 is 1.07. The minimum Gasteiger partial charge on any atom is -0.398 e. The molecule has 0 aliphatic rings. The Morgan fingerprint density at radius 2 is 2.00 bits per heavy atom. The van der Waals surface area contributed by atoms with E-state index >= 15 is 0 Å². The smallest absolute Gasteiger partial charge is 0.0426 e. The molecule has 4 heteroatoms.